The molecule has 106 valence electrons. The quantitative estimate of drug-likeness (QED) is 0.787. The van der Waals surface area contributed by atoms with Gasteiger partial charge in [-0.05, 0) is 48.4 Å². The molecule has 0 heterocycles. The summed E-state index contributed by atoms with van der Waals surface area (Å²) in [7, 11) is 0. The zero-order valence-electron chi connectivity index (χ0n) is 10.8. The van der Waals surface area contributed by atoms with Crippen LogP contribution >= 0.6 is 27.5 Å². The van der Waals surface area contributed by atoms with Gasteiger partial charge in [0.25, 0.3) is 0 Å². The lowest BCUT2D eigenvalue weighted by Crippen LogP contribution is -2.18. The van der Waals surface area contributed by atoms with Gasteiger partial charge in [-0.15, -0.1) is 0 Å². The summed E-state index contributed by atoms with van der Waals surface area (Å²) in [5, 5.41) is 3.62. The Morgan fingerprint density at radius 1 is 1.15 bits per heavy atom. The molecule has 2 rings (SSSR count). The summed E-state index contributed by atoms with van der Waals surface area (Å²) in [6.07, 6.45) is 0. The SMILES string of the molecule is CC(NCc1cc(F)ccc1Br)c1ccc(F)cc1Cl. The Labute approximate surface area is 130 Å². The molecule has 0 amide bonds. The molecular formula is C15H13BrClF2N. The predicted molar refractivity (Wildman–Crippen MR) is 80.8 cm³/mol. The normalized spacial score (nSPS) is 12.4. The summed E-state index contributed by atoms with van der Waals surface area (Å²) in [6, 6.07) is 8.77. The fourth-order valence-electron chi connectivity index (χ4n) is 1.90. The van der Waals surface area contributed by atoms with Crippen molar-refractivity contribution in [1.29, 1.82) is 0 Å². The first kappa shape index (κ1) is 15.4. The van der Waals surface area contributed by atoms with Gasteiger partial charge in [0.1, 0.15) is 11.6 Å². The van der Waals surface area contributed by atoms with Gasteiger partial charge in [0.2, 0.25) is 0 Å². The molecule has 2 aromatic rings. The molecule has 1 N–H and O–H groups in total. The van der Waals surface area contributed by atoms with Gasteiger partial charge in [-0.1, -0.05) is 33.6 Å². The number of benzene rings is 2. The Hall–Kier alpha value is -0.970. The largest absolute Gasteiger partial charge is 0.306 e. The number of nitrogens with one attached hydrogen (secondary N) is 1. The topological polar surface area (TPSA) is 12.0 Å². The van der Waals surface area contributed by atoms with E-state index in [2.05, 4.69) is 21.2 Å². The Morgan fingerprint density at radius 2 is 1.80 bits per heavy atom. The van der Waals surface area contributed by atoms with Crippen LogP contribution in [-0.2, 0) is 6.54 Å². The van der Waals surface area contributed by atoms with E-state index in [1.54, 1.807) is 12.1 Å². The van der Waals surface area contributed by atoms with Gasteiger partial charge < -0.3 is 5.32 Å². The summed E-state index contributed by atoms with van der Waals surface area (Å²) in [6.45, 7) is 2.40. The number of hydrogen-bond donors (Lipinski definition) is 1. The molecule has 1 atom stereocenters. The van der Waals surface area contributed by atoms with Crippen molar-refractivity contribution in [1.82, 2.24) is 5.32 Å². The second-order valence-electron chi connectivity index (χ2n) is 4.50. The van der Waals surface area contributed by atoms with Crippen molar-refractivity contribution >= 4 is 27.5 Å². The monoisotopic (exact) mass is 359 g/mol. The maximum Gasteiger partial charge on any atom is 0.124 e. The summed E-state index contributed by atoms with van der Waals surface area (Å²) in [5.74, 6) is -0.642. The fourth-order valence-corrected chi connectivity index (χ4v) is 2.62. The molecule has 0 saturated heterocycles. The third-order valence-electron chi connectivity index (χ3n) is 3.04. The minimum absolute atomic E-state index is 0.0710. The first-order chi connectivity index (χ1) is 9.47. The molecule has 1 unspecified atom stereocenters. The second kappa shape index (κ2) is 6.66. The molecule has 5 heteroatoms. The van der Waals surface area contributed by atoms with Crippen LogP contribution in [0.3, 0.4) is 0 Å². The highest BCUT2D eigenvalue weighted by molar-refractivity contribution is 9.10. The van der Waals surface area contributed by atoms with E-state index in [1.807, 2.05) is 6.92 Å². The third kappa shape index (κ3) is 3.78. The average Bonchev–Trinajstić information content (AvgIpc) is 2.39. The first-order valence-corrected chi connectivity index (χ1v) is 7.26. The Kier molecular flexibility index (Phi) is 5.13. The molecule has 0 aliphatic carbocycles. The van der Waals surface area contributed by atoms with Crippen LogP contribution < -0.4 is 5.32 Å². The minimum Gasteiger partial charge on any atom is -0.306 e. The van der Waals surface area contributed by atoms with Crippen LogP contribution in [0, 0.1) is 11.6 Å². The van der Waals surface area contributed by atoms with Gasteiger partial charge in [-0.25, -0.2) is 8.78 Å². The smallest absolute Gasteiger partial charge is 0.124 e. The molecule has 0 bridgehead atoms. The predicted octanol–water partition coefficient (Wildman–Crippen LogP) is 5.23. The maximum absolute atomic E-state index is 13.2. The van der Waals surface area contributed by atoms with Crippen molar-refractivity contribution < 1.29 is 8.78 Å². The number of halogens is 4. The molecule has 0 spiro atoms. The molecule has 0 saturated carbocycles. The highest BCUT2D eigenvalue weighted by atomic mass is 79.9. The zero-order chi connectivity index (χ0) is 14.7. The highest BCUT2D eigenvalue weighted by Gasteiger charge is 2.11. The summed E-state index contributed by atoms with van der Waals surface area (Å²) >= 11 is 9.39. The molecule has 20 heavy (non-hydrogen) atoms. The van der Waals surface area contributed by atoms with E-state index >= 15 is 0 Å². The molecule has 0 radical (unpaired) electrons. The zero-order valence-corrected chi connectivity index (χ0v) is 13.1. The van der Waals surface area contributed by atoms with Gasteiger partial charge >= 0.3 is 0 Å². The van der Waals surface area contributed by atoms with E-state index in [-0.39, 0.29) is 17.7 Å². The van der Waals surface area contributed by atoms with Gasteiger partial charge in [-0.3, -0.25) is 0 Å². The van der Waals surface area contributed by atoms with Crippen molar-refractivity contribution in [2.45, 2.75) is 19.5 Å². The van der Waals surface area contributed by atoms with Gasteiger partial charge in [-0.2, -0.15) is 0 Å². The maximum atomic E-state index is 13.2. The van der Waals surface area contributed by atoms with Crippen molar-refractivity contribution in [2.24, 2.45) is 0 Å². The molecular weight excluding hydrogens is 348 g/mol. The molecule has 2 aromatic carbocycles. The van der Waals surface area contributed by atoms with E-state index in [1.165, 1.54) is 24.3 Å². The average molecular weight is 361 g/mol. The van der Waals surface area contributed by atoms with Crippen LogP contribution in [0.5, 0.6) is 0 Å². The van der Waals surface area contributed by atoms with Crippen molar-refractivity contribution in [3.8, 4) is 0 Å². The Bertz CT molecular complexity index is 619. The van der Waals surface area contributed by atoms with Crippen LogP contribution in [-0.4, -0.2) is 0 Å². The van der Waals surface area contributed by atoms with Crippen LogP contribution in [0.25, 0.3) is 0 Å². The summed E-state index contributed by atoms with van der Waals surface area (Å²) in [4.78, 5) is 0. The molecule has 1 nitrogen and oxygen atoms in total. The van der Waals surface area contributed by atoms with Crippen molar-refractivity contribution in [3.05, 3.63) is 68.7 Å². The highest BCUT2D eigenvalue weighted by Crippen LogP contribution is 2.25. The van der Waals surface area contributed by atoms with E-state index in [0.29, 0.717) is 11.6 Å². The van der Waals surface area contributed by atoms with E-state index < -0.39 is 0 Å². The third-order valence-corrected chi connectivity index (χ3v) is 4.14. The van der Waals surface area contributed by atoms with Crippen LogP contribution in [0.15, 0.2) is 40.9 Å². The van der Waals surface area contributed by atoms with Crippen LogP contribution in [0.1, 0.15) is 24.1 Å². The number of hydrogen-bond acceptors (Lipinski definition) is 1. The van der Waals surface area contributed by atoms with E-state index in [0.717, 1.165) is 15.6 Å². The minimum atomic E-state index is -0.362. The Balaban J connectivity index is 2.08. The second-order valence-corrected chi connectivity index (χ2v) is 5.77. The van der Waals surface area contributed by atoms with Gasteiger partial charge in [0, 0.05) is 22.1 Å². The molecule has 0 aromatic heterocycles. The van der Waals surface area contributed by atoms with Crippen molar-refractivity contribution in [2.75, 3.05) is 0 Å². The van der Waals surface area contributed by atoms with Gasteiger partial charge in [0.15, 0.2) is 0 Å². The van der Waals surface area contributed by atoms with Crippen LogP contribution in [0.2, 0.25) is 5.02 Å². The lowest BCUT2D eigenvalue weighted by molar-refractivity contribution is 0.565. The fraction of sp³-hybridized carbons (Fsp3) is 0.200. The molecule has 0 aliphatic rings. The first-order valence-electron chi connectivity index (χ1n) is 6.09. The summed E-state index contributed by atoms with van der Waals surface area (Å²) < 4.78 is 27.0. The standard InChI is InChI=1S/C15H13BrClF2N/c1-9(13-4-2-12(19)7-15(13)17)20-8-10-6-11(18)3-5-14(10)16/h2-7,9,20H,8H2,1H3. The van der Waals surface area contributed by atoms with Crippen molar-refractivity contribution in [3.63, 3.8) is 0 Å². The molecule has 0 aliphatic heterocycles. The van der Waals surface area contributed by atoms with E-state index in [9.17, 15) is 8.78 Å². The lowest BCUT2D eigenvalue weighted by atomic mass is 10.1. The summed E-state index contributed by atoms with van der Waals surface area (Å²) in [5.41, 5.74) is 1.62. The Morgan fingerprint density at radius 3 is 2.50 bits per heavy atom. The number of rotatable bonds is 4. The van der Waals surface area contributed by atoms with Gasteiger partial charge in [0.05, 0.1) is 0 Å². The van der Waals surface area contributed by atoms with Crippen LogP contribution in [0.4, 0.5) is 8.78 Å². The molecule has 0 fully saturated rings. The van der Waals surface area contributed by atoms with E-state index in [4.69, 9.17) is 11.6 Å². The lowest BCUT2D eigenvalue weighted by Gasteiger charge is -2.16.